The van der Waals surface area contributed by atoms with Gasteiger partial charge in [0.15, 0.2) is 0 Å². The molecule has 5 nitrogen and oxygen atoms in total. The number of hydrogen-bond donors (Lipinski definition) is 2. The van der Waals surface area contributed by atoms with Crippen LogP contribution in [0.4, 0.5) is 0 Å². The molecule has 132 valence electrons. The number of amides is 1. The van der Waals surface area contributed by atoms with Gasteiger partial charge in [-0.15, -0.1) is 0 Å². The highest BCUT2D eigenvalue weighted by Gasteiger charge is 2.30. The fraction of sp³-hybridized carbons (Fsp3) is 0.579. The number of carbonyl (C=O) groups excluding carboxylic acids is 1. The average Bonchev–Trinajstić information content (AvgIpc) is 3.04. The number of hydrogen-bond acceptors (Lipinski definition) is 3. The fourth-order valence-electron chi connectivity index (χ4n) is 3.22. The van der Waals surface area contributed by atoms with E-state index in [0.717, 1.165) is 37.9 Å². The number of methoxy groups -OCH3 is 1. The van der Waals surface area contributed by atoms with Crippen molar-refractivity contribution in [3.8, 4) is 5.75 Å². The highest BCUT2D eigenvalue weighted by Crippen LogP contribution is 2.25. The van der Waals surface area contributed by atoms with Gasteiger partial charge >= 0.3 is 5.97 Å². The predicted octanol–water partition coefficient (Wildman–Crippen LogP) is 3.17. The molecule has 1 aromatic carbocycles. The summed E-state index contributed by atoms with van der Waals surface area (Å²) < 4.78 is 5.14. The first kappa shape index (κ1) is 18.3. The van der Waals surface area contributed by atoms with Crippen LogP contribution in [-0.2, 0) is 16.0 Å². The molecule has 2 N–H and O–H groups in total. The van der Waals surface area contributed by atoms with Crippen LogP contribution in [0.25, 0.3) is 0 Å². The number of aryl methyl sites for hydroxylation is 1. The Hall–Kier alpha value is -2.04. The first-order chi connectivity index (χ1) is 11.6. The van der Waals surface area contributed by atoms with Crippen LogP contribution in [0.15, 0.2) is 24.3 Å². The number of ether oxygens (including phenoxy) is 1. The lowest BCUT2D eigenvalue weighted by Crippen LogP contribution is -2.33. The van der Waals surface area contributed by atoms with Crippen LogP contribution in [0.5, 0.6) is 5.75 Å². The van der Waals surface area contributed by atoms with E-state index >= 15 is 0 Å². The summed E-state index contributed by atoms with van der Waals surface area (Å²) in [6, 6.07) is 8.12. The van der Waals surface area contributed by atoms with Gasteiger partial charge in [0.1, 0.15) is 5.75 Å². The van der Waals surface area contributed by atoms with Crippen molar-refractivity contribution in [2.24, 2.45) is 5.92 Å². The van der Waals surface area contributed by atoms with E-state index in [2.05, 4.69) is 17.4 Å². The molecule has 1 fully saturated rings. The molecule has 1 aromatic rings. The van der Waals surface area contributed by atoms with Gasteiger partial charge in [0, 0.05) is 12.5 Å². The van der Waals surface area contributed by atoms with Gasteiger partial charge in [0.05, 0.1) is 13.0 Å². The van der Waals surface area contributed by atoms with E-state index in [1.807, 2.05) is 12.1 Å². The largest absolute Gasteiger partial charge is 0.497 e. The van der Waals surface area contributed by atoms with E-state index in [4.69, 9.17) is 9.84 Å². The third-order valence-electron chi connectivity index (χ3n) is 4.68. The maximum atomic E-state index is 11.9. The summed E-state index contributed by atoms with van der Waals surface area (Å²) in [5.74, 6) is -0.118. The number of aliphatic carboxylic acids is 1. The number of carboxylic acid groups (broad SMARTS) is 1. The molecule has 24 heavy (non-hydrogen) atoms. The zero-order valence-corrected chi connectivity index (χ0v) is 14.3. The van der Waals surface area contributed by atoms with E-state index in [0.29, 0.717) is 19.3 Å². The van der Waals surface area contributed by atoms with E-state index in [1.165, 1.54) is 5.56 Å². The minimum Gasteiger partial charge on any atom is -0.497 e. The predicted molar refractivity (Wildman–Crippen MR) is 92.1 cm³/mol. The molecule has 1 aliphatic carbocycles. The number of nitrogens with one attached hydrogen (secondary N) is 1. The molecule has 2 rings (SSSR count). The highest BCUT2D eigenvalue weighted by atomic mass is 16.5. The number of unbranched alkanes of at least 4 members (excludes halogenated alkanes) is 2. The fourth-order valence-corrected chi connectivity index (χ4v) is 3.22. The van der Waals surface area contributed by atoms with E-state index < -0.39 is 5.97 Å². The Morgan fingerprint density at radius 1 is 1.17 bits per heavy atom. The van der Waals surface area contributed by atoms with Crippen molar-refractivity contribution in [3.63, 3.8) is 0 Å². The molecule has 1 amide bonds. The lowest BCUT2D eigenvalue weighted by atomic mass is 10.1. The van der Waals surface area contributed by atoms with Crippen molar-refractivity contribution >= 4 is 11.9 Å². The Morgan fingerprint density at radius 2 is 1.92 bits per heavy atom. The maximum Gasteiger partial charge on any atom is 0.306 e. The SMILES string of the molecule is COc1ccc(CCCCCC(=O)N[C@H]2CC[C@@H](C(=O)O)C2)cc1. The third-order valence-corrected chi connectivity index (χ3v) is 4.68. The molecule has 0 bridgehead atoms. The molecular formula is C19H27NO4. The molecule has 1 saturated carbocycles. The Labute approximate surface area is 143 Å². The Kier molecular flexibility index (Phi) is 7.09. The van der Waals surface area contributed by atoms with Gasteiger partial charge in [0.25, 0.3) is 0 Å². The van der Waals surface area contributed by atoms with Crippen LogP contribution >= 0.6 is 0 Å². The molecule has 0 unspecified atom stereocenters. The van der Waals surface area contributed by atoms with Crippen LogP contribution in [0.1, 0.15) is 50.5 Å². The van der Waals surface area contributed by atoms with Crippen molar-refractivity contribution in [2.75, 3.05) is 7.11 Å². The normalized spacial score (nSPS) is 19.9. The molecule has 0 spiro atoms. The molecule has 0 aromatic heterocycles. The van der Waals surface area contributed by atoms with Crippen LogP contribution in [0.2, 0.25) is 0 Å². The van der Waals surface area contributed by atoms with Crippen LogP contribution in [0, 0.1) is 5.92 Å². The number of carboxylic acids is 1. The summed E-state index contributed by atoms with van der Waals surface area (Å²) in [4.78, 5) is 22.8. The second-order valence-corrected chi connectivity index (χ2v) is 6.52. The van der Waals surface area contributed by atoms with Gasteiger partial charge in [-0.05, 0) is 56.2 Å². The zero-order chi connectivity index (χ0) is 17.4. The molecular weight excluding hydrogens is 306 g/mol. The number of carbonyl (C=O) groups is 2. The summed E-state index contributed by atoms with van der Waals surface area (Å²) >= 11 is 0. The Bertz CT molecular complexity index is 541. The standard InChI is InChI=1S/C19H27NO4/c1-24-17-11-7-14(8-12-17)5-3-2-4-6-18(21)20-16-10-9-15(13-16)19(22)23/h7-8,11-12,15-16H,2-6,9-10,13H2,1H3,(H,20,21)(H,22,23)/t15-,16+/m1/s1. The van der Waals surface area contributed by atoms with Crippen LogP contribution < -0.4 is 10.1 Å². The third kappa shape index (κ3) is 5.87. The lowest BCUT2D eigenvalue weighted by molar-refractivity contribution is -0.141. The van der Waals surface area contributed by atoms with Gasteiger partial charge in [-0.25, -0.2) is 0 Å². The monoisotopic (exact) mass is 333 g/mol. The highest BCUT2D eigenvalue weighted by molar-refractivity contribution is 5.76. The van der Waals surface area contributed by atoms with Crippen molar-refractivity contribution in [1.82, 2.24) is 5.32 Å². The molecule has 0 saturated heterocycles. The Morgan fingerprint density at radius 3 is 2.54 bits per heavy atom. The zero-order valence-electron chi connectivity index (χ0n) is 14.3. The van der Waals surface area contributed by atoms with Crippen LogP contribution in [0.3, 0.4) is 0 Å². The molecule has 0 radical (unpaired) electrons. The first-order valence-corrected chi connectivity index (χ1v) is 8.73. The van der Waals surface area contributed by atoms with E-state index in [-0.39, 0.29) is 17.9 Å². The van der Waals surface area contributed by atoms with E-state index in [9.17, 15) is 9.59 Å². The van der Waals surface area contributed by atoms with Crippen molar-refractivity contribution in [2.45, 2.75) is 57.4 Å². The van der Waals surface area contributed by atoms with Crippen molar-refractivity contribution in [3.05, 3.63) is 29.8 Å². The summed E-state index contributed by atoms with van der Waals surface area (Å²) in [6.45, 7) is 0. The van der Waals surface area contributed by atoms with Gasteiger partial charge in [-0.2, -0.15) is 0 Å². The summed E-state index contributed by atoms with van der Waals surface area (Å²) in [5, 5.41) is 11.9. The average molecular weight is 333 g/mol. The lowest BCUT2D eigenvalue weighted by Gasteiger charge is -2.12. The van der Waals surface area contributed by atoms with Crippen molar-refractivity contribution in [1.29, 1.82) is 0 Å². The van der Waals surface area contributed by atoms with Crippen LogP contribution in [-0.4, -0.2) is 30.1 Å². The summed E-state index contributed by atoms with van der Waals surface area (Å²) in [7, 11) is 1.66. The smallest absolute Gasteiger partial charge is 0.306 e. The Balaban J connectivity index is 1.55. The molecule has 5 heteroatoms. The van der Waals surface area contributed by atoms with Gasteiger partial charge in [0.2, 0.25) is 5.91 Å². The second kappa shape index (κ2) is 9.30. The second-order valence-electron chi connectivity index (χ2n) is 6.52. The minimum absolute atomic E-state index is 0.0397. The number of rotatable bonds is 9. The summed E-state index contributed by atoms with van der Waals surface area (Å²) in [5.41, 5.74) is 1.28. The number of benzene rings is 1. The van der Waals surface area contributed by atoms with Gasteiger partial charge in [-0.3, -0.25) is 9.59 Å². The quantitative estimate of drug-likeness (QED) is 0.681. The topological polar surface area (TPSA) is 75.6 Å². The first-order valence-electron chi connectivity index (χ1n) is 8.73. The van der Waals surface area contributed by atoms with Gasteiger partial charge < -0.3 is 15.2 Å². The molecule has 2 atom stereocenters. The molecule has 0 aliphatic heterocycles. The van der Waals surface area contributed by atoms with Gasteiger partial charge in [-0.1, -0.05) is 18.6 Å². The summed E-state index contributed by atoms with van der Waals surface area (Å²) in [6.07, 6.45) is 6.50. The molecule has 0 heterocycles. The maximum absolute atomic E-state index is 11.9. The van der Waals surface area contributed by atoms with E-state index in [1.54, 1.807) is 7.11 Å². The minimum atomic E-state index is -0.745. The van der Waals surface area contributed by atoms with Crippen molar-refractivity contribution < 1.29 is 19.4 Å². The molecule has 1 aliphatic rings.